The van der Waals surface area contributed by atoms with Gasteiger partial charge in [0.1, 0.15) is 17.4 Å². The minimum Gasteiger partial charge on any atom is -0.490 e. The van der Waals surface area contributed by atoms with Crippen LogP contribution in [-0.4, -0.2) is 42.1 Å². The van der Waals surface area contributed by atoms with Crippen LogP contribution in [0.2, 0.25) is 0 Å². The van der Waals surface area contributed by atoms with Crippen molar-refractivity contribution in [1.82, 2.24) is 10.6 Å². The molecule has 1 aromatic heterocycles. The highest BCUT2D eigenvalue weighted by molar-refractivity contribution is 7.20. The number of fused-ring (bicyclic) bond motifs is 1. The molecular formula is C25H24F2N2O5S. The Kier molecular flexibility index (Phi) is 7.60. The molecule has 0 spiro atoms. The number of rotatable bonds is 8. The molecule has 4 rings (SSSR count). The molecule has 2 amide bonds. The van der Waals surface area contributed by atoms with Crippen molar-refractivity contribution in [1.29, 1.82) is 0 Å². The summed E-state index contributed by atoms with van der Waals surface area (Å²) in [5.74, 6) is -2.95. The SMILES string of the molecule is O=C(NCCNC(=O)c1ccc(OC2CCC(C(=O)O)CC2)cc1F)c1cc2ccc(F)cc2s1. The molecule has 1 aliphatic carbocycles. The smallest absolute Gasteiger partial charge is 0.306 e. The number of carbonyl (C=O) groups is 3. The lowest BCUT2D eigenvalue weighted by Gasteiger charge is -2.26. The van der Waals surface area contributed by atoms with Crippen molar-refractivity contribution in [3.8, 4) is 5.75 Å². The highest BCUT2D eigenvalue weighted by Gasteiger charge is 2.27. The van der Waals surface area contributed by atoms with Crippen molar-refractivity contribution in [3.63, 3.8) is 0 Å². The summed E-state index contributed by atoms with van der Waals surface area (Å²) >= 11 is 1.17. The van der Waals surface area contributed by atoms with Crippen molar-refractivity contribution in [2.75, 3.05) is 13.1 Å². The number of nitrogens with one attached hydrogen (secondary N) is 2. The van der Waals surface area contributed by atoms with Gasteiger partial charge >= 0.3 is 5.97 Å². The van der Waals surface area contributed by atoms with Gasteiger partial charge in [0.2, 0.25) is 0 Å². The summed E-state index contributed by atoms with van der Waals surface area (Å²) in [5, 5.41) is 15.1. The van der Waals surface area contributed by atoms with E-state index in [2.05, 4.69) is 10.6 Å². The molecule has 0 unspecified atom stereocenters. The van der Waals surface area contributed by atoms with E-state index in [0.29, 0.717) is 35.3 Å². The Balaban J connectivity index is 1.23. The van der Waals surface area contributed by atoms with Crippen LogP contribution in [0, 0.1) is 17.6 Å². The Hall–Kier alpha value is -3.53. The zero-order valence-corrected chi connectivity index (χ0v) is 19.5. The van der Waals surface area contributed by atoms with Crippen molar-refractivity contribution >= 4 is 39.2 Å². The third-order valence-electron chi connectivity index (χ3n) is 5.91. The number of hydrogen-bond donors (Lipinski definition) is 3. The van der Waals surface area contributed by atoms with Gasteiger partial charge in [0.25, 0.3) is 11.8 Å². The maximum Gasteiger partial charge on any atom is 0.306 e. The molecule has 2 aromatic carbocycles. The van der Waals surface area contributed by atoms with E-state index in [9.17, 15) is 23.2 Å². The largest absolute Gasteiger partial charge is 0.490 e. The Morgan fingerprint density at radius 1 is 0.943 bits per heavy atom. The summed E-state index contributed by atoms with van der Waals surface area (Å²) in [6.07, 6.45) is 1.99. The molecule has 184 valence electrons. The molecular weight excluding hydrogens is 478 g/mol. The number of aliphatic carboxylic acids is 1. The molecule has 1 saturated carbocycles. The molecule has 1 fully saturated rings. The lowest BCUT2D eigenvalue weighted by molar-refractivity contribution is -0.143. The third-order valence-corrected chi connectivity index (χ3v) is 7.01. The maximum absolute atomic E-state index is 14.5. The minimum absolute atomic E-state index is 0.0919. The van der Waals surface area contributed by atoms with Gasteiger partial charge in [-0.1, -0.05) is 6.07 Å². The van der Waals surface area contributed by atoms with Gasteiger partial charge in [-0.2, -0.15) is 0 Å². The van der Waals surface area contributed by atoms with Gasteiger partial charge in [-0.05, 0) is 61.4 Å². The first-order valence-electron chi connectivity index (χ1n) is 11.2. The predicted octanol–water partition coefficient (Wildman–Crippen LogP) is 4.36. The Bertz CT molecular complexity index is 1250. The quantitative estimate of drug-likeness (QED) is 0.397. The van der Waals surface area contributed by atoms with Crippen molar-refractivity contribution < 1.29 is 33.0 Å². The first-order chi connectivity index (χ1) is 16.8. The summed E-state index contributed by atoms with van der Waals surface area (Å²) in [5.41, 5.74) is -0.148. The lowest BCUT2D eigenvalue weighted by Crippen LogP contribution is -2.34. The maximum atomic E-state index is 14.5. The zero-order chi connectivity index (χ0) is 24.9. The van der Waals surface area contributed by atoms with E-state index in [-0.39, 0.29) is 48.1 Å². The molecule has 0 bridgehead atoms. The van der Waals surface area contributed by atoms with Crippen LogP contribution in [0.5, 0.6) is 5.75 Å². The van der Waals surface area contributed by atoms with Crippen molar-refractivity contribution in [2.24, 2.45) is 5.92 Å². The predicted molar refractivity (Wildman–Crippen MR) is 127 cm³/mol. The first kappa shape index (κ1) is 24.6. The monoisotopic (exact) mass is 502 g/mol. The second-order valence-corrected chi connectivity index (χ2v) is 9.46. The number of hydrogen-bond acceptors (Lipinski definition) is 5. The first-order valence-corrected chi connectivity index (χ1v) is 12.1. The molecule has 1 aliphatic rings. The average Bonchev–Trinajstić information content (AvgIpc) is 3.25. The number of halogens is 2. The topological polar surface area (TPSA) is 105 Å². The van der Waals surface area contributed by atoms with Gasteiger partial charge in [0, 0.05) is 23.9 Å². The number of carboxylic acid groups (broad SMARTS) is 1. The fourth-order valence-electron chi connectivity index (χ4n) is 4.02. The van der Waals surface area contributed by atoms with Crippen LogP contribution >= 0.6 is 11.3 Å². The van der Waals surface area contributed by atoms with Gasteiger partial charge < -0.3 is 20.5 Å². The Morgan fingerprint density at radius 2 is 1.66 bits per heavy atom. The van der Waals surface area contributed by atoms with Crippen LogP contribution < -0.4 is 15.4 Å². The summed E-state index contributed by atoms with van der Waals surface area (Å²) in [7, 11) is 0. The summed E-state index contributed by atoms with van der Waals surface area (Å²) < 4.78 is 34.2. The lowest BCUT2D eigenvalue weighted by atomic mass is 9.87. The average molecular weight is 503 g/mol. The Morgan fingerprint density at radius 3 is 2.34 bits per heavy atom. The second kappa shape index (κ2) is 10.8. The van der Waals surface area contributed by atoms with Gasteiger partial charge in [-0.25, -0.2) is 8.78 Å². The molecule has 3 aromatic rings. The van der Waals surface area contributed by atoms with Gasteiger partial charge in [0.05, 0.1) is 22.5 Å². The third kappa shape index (κ3) is 6.13. The molecule has 10 heteroatoms. The zero-order valence-electron chi connectivity index (χ0n) is 18.7. The van der Waals surface area contributed by atoms with E-state index in [4.69, 9.17) is 9.84 Å². The highest BCUT2D eigenvalue weighted by atomic mass is 32.1. The van der Waals surface area contributed by atoms with E-state index >= 15 is 0 Å². The highest BCUT2D eigenvalue weighted by Crippen LogP contribution is 2.29. The molecule has 35 heavy (non-hydrogen) atoms. The van der Waals surface area contributed by atoms with E-state index < -0.39 is 17.7 Å². The minimum atomic E-state index is -0.804. The van der Waals surface area contributed by atoms with Crippen LogP contribution in [-0.2, 0) is 4.79 Å². The van der Waals surface area contributed by atoms with Crippen LogP contribution in [0.4, 0.5) is 8.78 Å². The van der Waals surface area contributed by atoms with E-state index in [1.807, 2.05) is 0 Å². The second-order valence-electron chi connectivity index (χ2n) is 8.38. The van der Waals surface area contributed by atoms with Crippen LogP contribution in [0.1, 0.15) is 45.7 Å². The summed E-state index contributed by atoms with van der Waals surface area (Å²) in [6.45, 7) is 0.226. The number of benzene rings is 2. The van der Waals surface area contributed by atoms with E-state index in [0.717, 1.165) is 11.5 Å². The number of thiophene rings is 1. The molecule has 1 heterocycles. The van der Waals surface area contributed by atoms with E-state index in [1.165, 1.54) is 35.6 Å². The summed E-state index contributed by atoms with van der Waals surface area (Å²) in [4.78, 5) is 36.1. The van der Waals surface area contributed by atoms with Crippen molar-refractivity contribution in [2.45, 2.75) is 31.8 Å². The van der Waals surface area contributed by atoms with Crippen LogP contribution in [0.3, 0.4) is 0 Å². The summed E-state index contributed by atoms with van der Waals surface area (Å²) in [6, 6.07) is 9.95. The molecule has 0 radical (unpaired) electrons. The number of carboxylic acids is 1. The van der Waals surface area contributed by atoms with E-state index in [1.54, 1.807) is 12.1 Å². The molecule has 7 nitrogen and oxygen atoms in total. The Labute approximate surface area is 204 Å². The number of carbonyl (C=O) groups excluding carboxylic acids is 2. The molecule has 0 saturated heterocycles. The molecule has 0 aliphatic heterocycles. The van der Waals surface area contributed by atoms with Crippen LogP contribution in [0.25, 0.3) is 10.1 Å². The van der Waals surface area contributed by atoms with Crippen LogP contribution in [0.15, 0.2) is 42.5 Å². The molecule has 0 atom stereocenters. The molecule has 3 N–H and O–H groups in total. The number of amides is 2. The standard InChI is InChI=1S/C25H24F2N2O5S/c26-16-4-1-15-11-22(35-21(15)12-16)24(31)29-10-9-28-23(30)19-8-7-18(13-20(19)27)34-17-5-2-14(3-6-17)25(32)33/h1,4,7-8,11-14,17H,2-3,5-6,9-10H2,(H,28,30)(H,29,31)(H,32,33). The van der Waals surface area contributed by atoms with Gasteiger partial charge in [0.15, 0.2) is 0 Å². The van der Waals surface area contributed by atoms with Crippen molar-refractivity contribution in [3.05, 3.63) is 64.5 Å². The number of ether oxygens (including phenoxy) is 1. The normalized spacial score (nSPS) is 17.7. The fourth-order valence-corrected chi connectivity index (χ4v) is 5.03. The van der Waals surface area contributed by atoms with Gasteiger partial charge in [-0.3, -0.25) is 14.4 Å². The van der Waals surface area contributed by atoms with Gasteiger partial charge in [-0.15, -0.1) is 11.3 Å². The fraction of sp³-hybridized carbons (Fsp3) is 0.320.